The molecule has 37 heavy (non-hydrogen) atoms. The van der Waals surface area contributed by atoms with Crippen LogP contribution < -0.4 is 10.1 Å². The number of halogens is 1. The van der Waals surface area contributed by atoms with E-state index in [1.165, 1.54) is 0 Å². The summed E-state index contributed by atoms with van der Waals surface area (Å²) >= 11 is 6.28. The Balaban J connectivity index is 1.75. The molecule has 0 saturated carbocycles. The Hall–Kier alpha value is -2.61. The zero-order valence-corrected chi connectivity index (χ0v) is 23.6. The molecule has 2 aromatic carbocycles. The third kappa shape index (κ3) is 8.45. The number of nitrogens with one attached hydrogen (secondary N) is 1. The van der Waals surface area contributed by atoms with Crippen LogP contribution in [0.15, 0.2) is 42.5 Å². The number of aryl methyl sites for hydroxylation is 1. The van der Waals surface area contributed by atoms with E-state index in [1.54, 1.807) is 0 Å². The quantitative estimate of drug-likeness (QED) is 0.253. The molecule has 7 nitrogen and oxygen atoms in total. The lowest BCUT2D eigenvalue weighted by Crippen LogP contribution is -2.35. The molecular formula is C29H41ClN4O3. The van der Waals surface area contributed by atoms with Gasteiger partial charge in [-0.1, -0.05) is 38.4 Å². The average molecular weight is 529 g/mol. The number of ether oxygens (including phenoxy) is 2. The highest BCUT2D eigenvalue weighted by Crippen LogP contribution is 2.23. The van der Waals surface area contributed by atoms with Crippen molar-refractivity contribution >= 4 is 28.5 Å². The van der Waals surface area contributed by atoms with Crippen molar-refractivity contribution in [3.8, 4) is 5.75 Å². The minimum Gasteiger partial charge on any atom is -0.492 e. The molecule has 1 unspecified atom stereocenters. The van der Waals surface area contributed by atoms with Crippen molar-refractivity contribution in [1.29, 1.82) is 0 Å². The van der Waals surface area contributed by atoms with Crippen molar-refractivity contribution in [2.24, 2.45) is 5.92 Å². The molecule has 0 spiro atoms. The van der Waals surface area contributed by atoms with E-state index in [-0.39, 0.29) is 11.9 Å². The van der Waals surface area contributed by atoms with Crippen LogP contribution in [0.5, 0.6) is 5.75 Å². The second-order valence-electron chi connectivity index (χ2n) is 9.78. The minimum atomic E-state index is -0.0322. The van der Waals surface area contributed by atoms with Gasteiger partial charge in [0.25, 0.3) is 5.91 Å². The molecular weight excluding hydrogens is 488 g/mol. The molecule has 1 N–H and O–H groups in total. The minimum absolute atomic E-state index is 0.0322. The van der Waals surface area contributed by atoms with Gasteiger partial charge in [-0.05, 0) is 62.6 Å². The van der Waals surface area contributed by atoms with Crippen LogP contribution in [0.3, 0.4) is 0 Å². The number of fused-ring (bicyclic) bond motifs is 1. The van der Waals surface area contributed by atoms with E-state index >= 15 is 0 Å². The Morgan fingerprint density at radius 3 is 2.70 bits per heavy atom. The molecule has 1 atom stereocenters. The van der Waals surface area contributed by atoms with E-state index in [0.29, 0.717) is 55.2 Å². The highest BCUT2D eigenvalue weighted by atomic mass is 35.5. The number of benzene rings is 2. The summed E-state index contributed by atoms with van der Waals surface area (Å²) in [5.74, 6) is 1.83. The zero-order valence-electron chi connectivity index (χ0n) is 22.8. The van der Waals surface area contributed by atoms with Crippen molar-refractivity contribution in [3.05, 3.63) is 58.9 Å². The van der Waals surface area contributed by atoms with Crippen molar-refractivity contribution < 1.29 is 14.3 Å². The lowest BCUT2D eigenvalue weighted by molar-refractivity contribution is 0.0715. The molecule has 0 aliphatic carbocycles. The third-order valence-corrected chi connectivity index (χ3v) is 6.20. The summed E-state index contributed by atoms with van der Waals surface area (Å²) in [6, 6.07) is 13.4. The van der Waals surface area contributed by atoms with E-state index in [1.807, 2.05) is 54.3 Å². The van der Waals surface area contributed by atoms with Crippen LogP contribution in [-0.4, -0.2) is 59.3 Å². The maximum absolute atomic E-state index is 13.7. The first-order chi connectivity index (χ1) is 17.8. The van der Waals surface area contributed by atoms with Crippen LogP contribution in [0.1, 0.15) is 57.2 Å². The number of hydrogen-bond donors (Lipinski definition) is 1. The molecule has 0 fully saturated rings. The van der Waals surface area contributed by atoms with Crippen LogP contribution in [0.2, 0.25) is 5.02 Å². The van der Waals surface area contributed by atoms with E-state index in [4.69, 9.17) is 26.1 Å². The molecule has 0 bridgehead atoms. The van der Waals surface area contributed by atoms with Gasteiger partial charge in [0, 0.05) is 42.9 Å². The maximum atomic E-state index is 13.7. The number of rotatable bonds is 15. The summed E-state index contributed by atoms with van der Waals surface area (Å²) in [6.07, 6.45) is 0.960. The number of aromatic nitrogens is 2. The van der Waals surface area contributed by atoms with Gasteiger partial charge in [-0.25, -0.2) is 4.98 Å². The monoisotopic (exact) mass is 528 g/mol. The molecule has 3 rings (SSSR count). The first-order valence-electron chi connectivity index (χ1n) is 13.3. The lowest BCUT2D eigenvalue weighted by Gasteiger charge is -2.25. The Bertz CT molecular complexity index is 1150. The van der Waals surface area contributed by atoms with Crippen molar-refractivity contribution in [2.75, 3.05) is 32.9 Å². The summed E-state index contributed by atoms with van der Waals surface area (Å²) in [5, 5.41) is 4.06. The van der Waals surface area contributed by atoms with E-state index < -0.39 is 0 Å². The van der Waals surface area contributed by atoms with Crippen LogP contribution in [0.4, 0.5) is 0 Å². The number of imidazole rings is 1. The van der Waals surface area contributed by atoms with Gasteiger partial charge in [-0.3, -0.25) is 4.79 Å². The largest absolute Gasteiger partial charge is 0.492 e. The highest BCUT2D eigenvalue weighted by Gasteiger charge is 2.21. The van der Waals surface area contributed by atoms with Gasteiger partial charge < -0.3 is 24.3 Å². The Kier molecular flexibility index (Phi) is 11.2. The fourth-order valence-corrected chi connectivity index (χ4v) is 4.44. The number of amides is 1. The number of hydrogen-bond acceptors (Lipinski definition) is 5. The molecule has 1 aromatic heterocycles. The Morgan fingerprint density at radius 2 is 1.97 bits per heavy atom. The van der Waals surface area contributed by atoms with E-state index in [2.05, 4.69) is 37.6 Å². The van der Waals surface area contributed by atoms with Gasteiger partial charge in [-0.2, -0.15) is 0 Å². The summed E-state index contributed by atoms with van der Waals surface area (Å²) in [7, 11) is 0. The zero-order chi connectivity index (χ0) is 26.8. The fourth-order valence-electron chi connectivity index (χ4n) is 4.27. The van der Waals surface area contributed by atoms with E-state index in [0.717, 1.165) is 36.4 Å². The second-order valence-corrected chi connectivity index (χ2v) is 10.2. The number of carbonyl (C=O) groups excluding carboxylic acids is 1. The first kappa shape index (κ1) is 29.0. The average Bonchev–Trinajstić information content (AvgIpc) is 3.20. The summed E-state index contributed by atoms with van der Waals surface area (Å²) in [5.41, 5.74) is 2.50. The number of carbonyl (C=O) groups is 1. The predicted molar refractivity (Wildman–Crippen MR) is 151 cm³/mol. The molecule has 3 aromatic rings. The van der Waals surface area contributed by atoms with Gasteiger partial charge in [0.15, 0.2) is 0 Å². The summed E-state index contributed by atoms with van der Waals surface area (Å²) in [6.45, 7) is 15.0. The van der Waals surface area contributed by atoms with Crippen LogP contribution >= 0.6 is 11.6 Å². The van der Waals surface area contributed by atoms with Gasteiger partial charge in [0.2, 0.25) is 0 Å². The van der Waals surface area contributed by atoms with Gasteiger partial charge >= 0.3 is 0 Å². The van der Waals surface area contributed by atoms with Crippen molar-refractivity contribution in [2.45, 2.75) is 60.2 Å². The Morgan fingerprint density at radius 1 is 1.16 bits per heavy atom. The van der Waals surface area contributed by atoms with Crippen LogP contribution in [-0.2, 0) is 17.8 Å². The van der Waals surface area contributed by atoms with Crippen LogP contribution in [0, 0.1) is 5.92 Å². The molecule has 202 valence electrons. The SMILES string of the molecule is CCCn1c(CN(CC(C)C)C(=O)c2cccc(OCC(C)NCCOCC)c2)nc2ccc(Cl)cc21. The standard InChI is InChI=1S/C29H41ClN4O3/c1-6-14-34-27-17-24(30)11-12-26(27)32-28(34)19-33(18-21(3)4)29(35)23-9-8-10-25(16-23)37-20-22(5)31-13-15-36-7-2/h8-12,16-17,21-22,31H,6-7,13-15,18-20H2,1-5H3. The van der Waals surface area contributed by atoms with Gasteiger partial charge in [-0.15, -0.1) is 0 Å². The van der Waals surface area contributed by atoms with Gasteiger partial charge in [0.05, 0.1) is 24.2 Å². The fraction of sp³-hybridized carbons (Fsp3) is 0.517. The molecule has 0 aliphatic heterocycles. The molecule has 0 aliphatic rings. The molecule has 0 radical (unpaired) electrons. The Labute approximate surface area is 226 Å². The molecule has 8 heteroatoms. The van der Waals surface area contributed by atoms with E-state index in [9.17, 15) is 4.79 Å². The lowest BCUT2D eigenvalue weighted by atomic mass is 10.1. The maximum Gasteiger partial charge on any atom is 0.254 e. The second kappa shape index (κ2) is 14.4. The predicted octanol–water partition coefficient (Wildman–Crippen LogP) is 5.79. The molecule has 1 amide bonds. The van der Waals surface area contributed by atoms with Crippen LogP contribution in [0.25, 0.3) is 11.0 Å². The third-order valence-electron chi connectivity index (χ3n) is 5.97. The van der Waals surface area contributed by atoms with Crippen molar-refractivity contribution in [1.82, 2.24) is 19.8 Å². The topological polar surface area (TPSA) is 68.6 Å². The number of nitrogens with zero attached hydrogens (tertiary/aromatic N) is 3. The highest BCUT2D eigenvalue weighted by molar-refractivity contribution is 6.31. The smallest absolute Gasteiger partial charge is 0.254 e. The summed E-state index contributed by atoms with van der Waals surface area (Å²) < 4.78 is 13.5. The summed E-state index contributed by atoms with van der Waals surface area (Å²) in [4.78, 5) is 20.5. The molecule has 1 heterocycles. The molecule has 0 saturated heterocycles. The normalized spacial score (nSPS) is 12.3. The van der Waals surface area contributed by atoms with Gasteiger partial charge in [0.1, 0.15) is 18.2 Å². The first-order valence-corrected chi connectivity index (χ1v) is 13.7. The van der Waals surface area contributed by atoms with Crippen molar-refractivity contribution in [3.63, 3.8) is 0 Å².